The molecule has 0 aliphatic heterocycles. The number of anilines is 1. The molecule has 7 heteroatoms. The SMILES string of the molecule is Cc1cc(C)cc(OCCOc2c(Cl)cc(Cl)cc2/C=C(\C#N)C(=O)Nc2ccccc2)c1. The fraction of sp³-hybridized carbons (Fsp3) is 0.154. The molecule has 0 fully saturated rings. The van der Waals surface area contributed by atoms with E-state index in [1.165, 1.54) is 12.1 Å². The van der Waals surface area contributed by atoms with Gasteiger partial charge in [0.25, 0.3) is 5.91 Å². The molecule has 0 bridgehead atoms. The first kappa shape index (κ1) is 24.2. The Kier molecular flexibility index (Phi) is 8.37. The molecule has 0 aliphatic rings. The van der Waals surface area contributed by atoms with E-state index in [1.54, 1.807) is 30.3 Å². The van der Waals surface area contributed by atoms with Crippen LogP contribution in [0.25, 0.3) is 6.08 Å². The van der Waals surface area contributed by atoms with Gasteiger partial charge < -0.3 is 14.8 Å². The molecule has 168 valence electrons. The molecule has 0 aliphatic carbocycles. The van der Waals surface area contributed by atoms with Crippen LogP contribution in [0.4, 0.5) is 5.69 Å². The van der Waals surface area contributed by atoms with Gasteiger partial charge >= 0.3 is 0 Å². The van der Waals surface area contributed by atoms with E-state index in [4.69, 9.17) is 32.7 Å². The summed E-state index contributed by atoms with van der Waals surface area (Å²) < 4.78 is 11.6. The molecule has 0 atom stereocenters. The average Bonchev–Trinajstić information content (AvgIpc) is 2.76. The third-order valence-corrected chi connectivity index (χ3v) is 5.03. The molecule has 3 aromatic rings. The third kappa shape index (κ3) is 7.01. The van der Waals surface area contributed by atoms with Crippen LogP contribution in [0.2, 0.25) is 10.0 Å². The third-order valence-electron chi connectivity index (χ3n) is 4.53. The minimum absolute atomic E-state index is 0.117. The first-order valence-electron chi connectivity index (χ1n) is 10.2. The van der Waals surface area contributed by atoms with Crippen LogP contribution in [-0.4, -0.2) is 19.1 Å². The highest BCUT2D eigenvalue weighted by Gasteiger charge is 2.14. The van der Waals surface area contributed by atoms with Crippen molar-refractivity contribution in [2.24, 2.45) is 0 Å². The molecule has 1 amide bonds. The monoisotopic (exact) mass is 480 g/mol. The summed E-state index contributed by atoms with van der Waals surface area (Å²) in [6.07, 6.45) is 1.40. The van der Waals surface area contributed by atoms with Crippen molar-refractivity contribution in [2.75, 3.05) is 18.5 Å². The fourth-order valence-electron chi connectivity index (χ4n) is 3.18. The van der Waals surface area contributed by atoms with Gasteiger partial charge in [-0.25, -0.2) is 0 Å². The molecule has 0 aromatic heterocycles. The number of amides is 1. The molecule has 1 N–H and O–H groups in total. The van der Waals surface area contributed by atoms with Gasteiger partial charge in [0.1, 0.15) is 36.4 Å². The predicted octanol–water partition coefficient (Wildman–Crippen LogP) is 6.61. The van der Waals surface area contributed by atoms with Crippen LogP contribution in [0.3, 0.4) is 0 Å². The van der Waals surface area contributed by atoms with Crippen LogP contribution in [0, 0.1) is 25.2 Å². The first-order valence-corrected chi connectivity index (χ1v) is 10.9. The largest absolute Gasteiger partial charge is 0.490 e. The van der Waals surface area contributed by atoms with Gasteiger partial charge in [-0.1, -0.05) is 47.5 Å². The van der Waals surface area contributed by atoms with Crippen molar-refractivity contribution in [1.82, 2.24) is 0 Å². The number of nitrogens with zero attached hydrogens (tertiary/aromatic N) is 1. The second kappa shape index (κ2) is 11.4. The van der Waals surface area contributed by atoms with E-state index in [2.05, 4.69) is 11.4 Å². The summed E-state index contributed by atoms with van der Waals surface area (Å²) in [5.41, 5.74) is 3.09. The molecular weight excluding hydrogens is 459 g/mol. The van der Waals surface area contributed by atoms with Gasteiger partial charge in [0.15, 0.2) is 0 Å². The number of halogens is 2. The average molecular weight is 481 g/mol. The number of hydrogen-bond donors (Lipinski definition) is 1. The number of carbonyl (C=O) groups is 1. The maximum atomic E-state index is 12.6. The van der Waals surface area contributed by atoms with Gasteiger partial charge in [-0.2, -0.15) is 5.26 Å². The normalized spacial score (nSPS) is 10.9. The van der Waals surface area contributed by atoms with Gasteiger partial charge in [-0.05, 0) is 67.4 Å². The van der Waals surface area contributed by atoms with E-state index in [1.807, 2.05) is 38.1 Å². The quantitative estimate of drug-likeness (QED) is 0.223. The minimum Gasteiger partial charge on any atom is -0.490 e. The van der Waals surface area contributed by atoms with Crippen molar-refractivity contribution in [2.45, 2.75) is 13.8 Å². The maximum Gasteiger partial charge on any atom is 0.266 e. The second-order valence-electron chi connectivity index (χ2n) is 7.32. The van der Waals surface area contributed by atoms with Crippen molar-refractivity contribution in [1.29, 1.82) is 5.26 Å². The number of benzene rings is 3. The number of para-hydroxylation sites is 1. The summed E-state index contributed by atoms with van der Waals surface area (Å²) in [5, 5.41) is 12.8. The maximum absolute atomic E-state index is 12.6. The number of carbonyl (C=O) groups excluding carboxylic acids is 1. The Morgan fingerprint density at radius 1 is 1.00 bits per heavy atom. The van der Waals surface area contributed by atoms with Crippen molar-refractivity contribution in [3.63, 3.8) is 0 Å². The summed E-state index contributed by atoms with van der Waals surface area (Å²) in [6.45, 7) is 4.49. The number of nitrogens with one attached hydrogen (secondary N) is 1. The first-order chi connectivity index (χ1) is 15.9. The second-order valence-corrected chi connectivity index (χ2v) is 8.16. The molecular formula is C26H22Cl2N2O3. The minimum atomic E-state index is -0.552. The smallest absolute Gasteiger partial charge is 0.266 e. The van der Waals surface area contributed by atoms with E-state index in [-0.39, 0.29) is 23.8 Å². The Bertz CT molecular complexity index is 1200. The molecule has 0 saturated carbocycles. The van der Waals surface area contributed by atoms with Crippen LogP contribution in [0.5, 0.6) is 11.5 Å². The number of ether oxygens (including phenoxy) is 2. The van der Waals surface area contributed by atoms with Gasteiger partial charge in [0, 0.05) is 16.3 Å². The molecule has 5 nitrogen and oxygen atoms in total. The van der Waals surface area contributed by atoms with E-state index in [0.717, 1.165) is 16.9 Å². The molecule has 3 aromatic carbocycles. The molecule has 0 spiro atoms. The topological polar surface area (TPSA) is 71.3 Å². The highest BCUT2D eigenvalue weighted by atomic mass is 35.5. The number of aryl methyl sites for hydroxylation is 2. The highest BCUT2D eigenvalue weighted by Crippen LogP contribution is 2.34. The number of hydrogen-bond acceptors (Lipinski definition) is 4. The van der Waals surface area contributed by atoms with Crippen LogP contribution >= 0.6 is 23.2 Å². The van der Waals surface area contributed by atoms with Gasteiger partial charge in [-0.15, -0.1) is 0 Å². The van der Waals surface area contributed by atoms with Crippen LogP contribution < -0.4 is 14.8 Å². The summed E-state index contributed by atoms with van der Waals surface area (Å²) in [6, 6.07) is 19.9. The lowest BCUT2D eigenvalue weighted by atomic mass is 10.1. The highest BCUT2D eigenvalue weighted by molar-refractivity contribution is 6.36. The lowest BCUT2D eigenvalue weighted by Crippen LogP contribution is -2.13. The Morgan fingerprint density at radius 3 is 2.33 bits per heavy atom. The molecule has 0 radical (unpaired) electrons. The molecule has 0 heterocycles. The molecule has 0 unspecified atom stereocenters. The summed E-state index contributed by atoms with van der Waals surface area (Å²) in [5.74, 6) is 0.511. The zero-order valence-corrected chi connectivity index (χ0v) is 19.7. The predicted molar refractivity (Wildman–Crippen MR) is 132 cm³/mol. The Morgan fingerprint density at radius 2 is 1.67 bits per heavy atom. The van der Waals surface area contributed by atoms with E-state index < -0.39 is 5.91 Å². The van der Waals surface area contributed by atoms with E-state index >= 15 is 0 Å². The van der Waals surface area contributed by atoms with Crippen molar-refractivity contribution >= 4 is 40.9 Å². The van der Waals surface area contributed by atoms with Crippen LogP contribution in [0.1, 0.15) is 16.7 Å². The zero-order chi connectivity index (χ0) is 23.8. The fourth-order valence-corrected chi connectivity index (χ4v) is 3.75. The lowest BCUT2D eigenvalue weighted by Gasteiger charge is -2.13. The van der Waals surface area contributed by atoms with Crippen LogP contribution in [0.15, 0.2) is 66.2 Å². The number of nitriles is 1. The standard InChI is InChI=1S/C26H22Cl2N2O3/c1-17-10-18(2)12-23(11-17)32-8-9-33-25-19(14-21(27)15-24(25)28)13-20(16-29)26(31)30-22-6-4-3-5-7-22/h3-7,10-15H,8-9H2,1-2H3,(H,30,31)/b20-13+. The summed E-state index contributed by atoms with van der Waals surface area (Å²) in [7, 11) is 0. The lowest BCUT2D eigenvalue weighted by molar-refractivity contribution is -0.112. The van der Waals surface area contributed by atoms with Crippen molar-refractivity contribution < 1.29 is 14.3 Å². The summed E-state index contributed by atoms with van der Waals surface area (Å²) >= 11 is 12.5. The van der Waals surface area contributed by atoms with E-state index in [9.17, 15) is 10.1 Å². The van der Waals surface area contributed by atoms with Gasteiger partial charge in [0.05, 0.1) is 5.02 Å². The number of rotatable bonds is 8. The zero-order valence-electron chi connectivity index (χ0n) is 18.2. The van der Waals surface area contributed by atoms with Crippen LogP contribution in [-0.2, 0) is 4.79 Å². The van der Waals surface area contributed by atoms with Crippen molar-refractivity contribution in [3.05, 3.63) is 93.0 Å². The Labute approximate surface area is 203 Å². The Balaban J connectivity index is 1.75. The van der Waals surface area contributed by atoms with E-state index in [0.29, 0.717) is 22.0 Å². The van der Waals surface area contributed by atoms with Gasteiger partial charge in [0.2, 0.25) is 0 Å². The van der Waals surface area contributed by atoms with Gasteiger partial charge in [-0.3, -0.25) is 4.79 Å². The Hall–Kier alpha value is -3.46. The van der Waals surface area contributed by atoms with Crippen molar-refractivity contribution in [3.8, 4) is 17.6 Å². The molecule has 3 rings (SSSR count). The summed E-state index contributed by atoms with van der Waals surface area (Å²) in [4.78, 5) is 12.6. The molecule has 33 heavy (non-hydrogen) atoms. The molecule has 0 saturated heterocycles.